The van der Waals surface area contributed by atoms with E-state index in [1.54, 1.807) is 19.1 Å². The van der Waals surface area contributed by atoms with Crippen molar-refractivity contribution in [2.24, 2.45) is 4.99 Å². The Hall–Kier alpha value is -3.14. The molecule has 1 amide bonds. The zero-order valence-corrected chi connectivity index (χ0v) is 14.8. The first-order chi connectivity index (χ1) is 12.4. The van der Waals surface area contributed by atoms with Gasteiger partial charge in [-0.05, 0) is 23.8 Å². The number of nitrogens with zero attached hydrogens (tertiary/aromatic N) is 4. The summed E-state index contributed by atoms with van der Waals surface area (Å²) in [6.07, 6.45) is 0.337. The average molecular weight is 374 g/mol. The topological polar surface area (TPSA) is 119 Å². The lowest BCUT2D eigenvalue weighted by Crippen LogP contribution is -2.26. The van der Waals surface area contributed by atoms with Crippen molar-refractivity contribution in [3.05, 3.63) is 61.2 Å². The number of amides is 1. The molecule has 26 heavy (non-hydrogen) atoms. The number of thiophene rings is 1. The molecular weight excluding hydrogens is 360 g/mol. The second-order valence-electron chi connectivity index (χ2n) is 5.57. The maximum Gasteiger partial charge on any atom is 0.329 e. The number of hydrogen-bond donors (Lipinski definition) is 0. The molecule has 0 saturated carbocycles. The Kier molecular flexibility index (Phi) is 4.51. The maximum atomic E-state index is 12.3. The zero-order chi connectivity index (χ0) is 19.0. The minimum absolute atomic E-state index is 0.0784. The van der Waals surface area contributed by atoms with Gasteiger partial charge in [-0.1, -0.05) is 19.1 Å². The van der Waals surface area contributed by atoms with Gasteiger partial charge in [-0.2, -0.15) is 0 Å². The number of nitro benzene ring substituents is 1. The summed E-state index contributed by atoms with van der Waals surface area (Å²) in [4.78, 5) is 39.8. The molecule has 0 aliphatic carbocycles. The molecule has 1 aromatic heterocycles. The minimum Gasteiger partial charge on any atom is -0.305 e. The van der Waals surface area contributed by atoms with Gasteiger partial charge in [-0.25, -0.2) is 0 Å². The van der Waals surface area contributed by atoms with Crippen molar-refractivity contribution >= 4 is 38.6 Å². The number of nitro groups is 2. The molecule has 2 heterocycles. The van der Waals surface area contributed by atoms with Gasteiger partial charge < -0.3 is 4.90 Å². The van der Waals surface area contributed by atoms with Crippen LogP contribution in [0.1, 0.15) is 23.6 Å². The van der Waals surface area contributed by atoms with Crippen LogP contribution in [0.3, 0.4) is 0 Å². The fourth-order valence-electron chi connectivity index (χ4n) is 2.89. The van der Waals surface area contributed by atoms with E-state index in [0.717, 1.165) is 11.3 Å². The van der Waals surface area contributed by atoms with Crippen LogP contribution in [0.25, 0.3) is 0 Å². The van der Waals surface area contributed by atoms with E-state index in [2.05, 4.69) is 4.99 Å². The quantitative estimate of drug-likeness (QED) is 0.602. The van der Waals surface area contributed by atoms with E-state index in [1.165, 1.54) is 24.1 Å². The summed E-state index contributed by atoms with van der Waals surface area (Å²) in [5.41, 5.74) is 1.17. The first-order valence-electron chi connectivity index (χ1n) is 7.72. The van der Waals surface area contributed by atoms with Crippen LogP contribution in [0.4, 0.5) is 15.7 Å². The van der Waals surface area contributed by atoms with Crippen molar-refractivity contribution in [2.45, 2.75) is 13.3 Å². The van der Waals surface area contributed by atoms with E-state index >= 15 is 0 Å². The average Bonchev–Trinajstić information content (AvgIpc) is 2.95. The third-order valence-corrected chi connectivity index (χ3v) is 5.39. The molecule has 0 N–H and O–H groups in total. The largest absolute Gasteiger partial charge is 0.329 e. The van der Waals surface area contributed by atoms with E-state index in [-0.39, 0.29) is 34.4 Å². The molecule has 0 saturated heterocycles. The lowest BCUT2D eigenvalue weighted by molar-refractivity contribution is -0.385. The second kappa shape index (κ2) is 6.64. The van der Waals surface area contributed by atoms with Crippen LogP contribution in [0.15, 0.2) is 29.3 Å². The van der Waals surface area contributed by atoms with E-state index in [0.29, 0.717) is 22.5 Å². The summed E-state index contributed by atoms with van der Waals surface area (Å²) in [5.74, 6) is -0.335. The lowest BCUT2D eigenvalue weighted by atomic mass is 9.97. The summed E-state index contributed by atoms with van der Waals surface area (Å²) in [7, 11) is 1.53. The number of hydrogen-bond acceptors (Lipinski definition) is 7. The Bertz CT molecular complexity index is 966. The molecule has 9 nitrogen and oxygen atoms in total. The molecule has 0 atom stereocenters. The standard InChI is InChI=1S/C16H14N4O5S/c1-3-9-13-14(10-6-4-5-7-11(10)19(22)23)17-8-12(21)18(2)16(13)26-15(9)20(24)25/h4-7H,3,8H2,1-2H3. The fraction of sp³-hybridized carbons (Fsp3) is 0.250. The van der Waals surface area contributed by atoms with E-state index in [4.69, 9.17) is 0 Å². The molecule has 134 valence electrons. The number of benzene rings is 1. The van der Waals surface area contributed by atoms with Gasteiger partial charge in [-0.3, -0.25) is 30.0 Å². The molecule has 2 aromatic rings. The second-order valence-corrected chi connectivity index (χ2v) is 6.55. The van der Waals surface area contributed by atoms with Gasteiger partial charge in [0.15, 0.2) is 0 Å². The Morgan fingerprint density at radius 1 is 1.23 bits per heavy atom. The van der Waals surface area contributed by atoms with Crippen LogP contribution in [0.5, 0.6) is 0 Å². The number of rotatable bonds is 4. The molecule has 0 radical (unpaired) electrons. The van der Waals surface area contributed by atoms with Crippen LogP contribution in [0, 0.1) is 20.2 Å². The monoisotopic (exact) mass is 374 g/mol. The Balaban J connectivity index is 2.36. The number of para-hydroxylation sites is 1. The third-order valence-electron chi connectivity index (χ3n) is 4.13. The van der Waals surface area contributed by atoms with Crippen LogP contribution in [-0.2, 0) is 11.2 Å². The summed E-state index contributed by atoms with van der Waals surface area (Å²) in [5, 5.41) is 23.2. The highest BCUT2D eigenvalue weighted by molar-refractivity contribution is 7.20. The van der Waals surface area contributed by atoms with Crippen LogP contribution in [-0.4, -0.2) is 35.1 Å². The Morgan fingerprint density at radius 2 is 1.92 bits per heavy atom. The van der Waals surface area contributed by atoms with E-state index in [9.17, 15) is 25.0 Å². The molecule has 1 aliphatic rings. The summed E-state index contributed by atoms with van der Waals surface area (Å²) < 4.78 is 0. The van der Waals surface area contributed by atoms with E-state index in [1.807, 2.05) is 0 Å². The first kappa shape index (κ1) is 17.7. The maximum absolute atomic E-state index is 12.3. The molecule has 0 fully saturated rings. The Labute approximate surface area is 151 Å². The van der Waals surface area contributed by atoms with Crippen molar-refractivity contribution < 1.29 is 14.6 Å². The number of carbonyl (C=O) groups is 1. The molecule has 10 heteroatoms. The molecule has 1 aromatic carbocycles. The summed E-state index contributed by atoms with van der Waals surface area (Å²) in [6.45, 7) is 1.58. The fourth-order valence-corrected chi connectivity index (χ4v) is 4.08. The SMILES string of the molecule is CCc1c([N+](=O)[O-])sc2c1C(c1ccccc1[N+](=O)[O-])=NCC(=O)N2C. The van der Waals surface area contributed by atoms with E-state index < -0.39 is 9.85 Å². The predicted octanol–water partition coefficient (Wildman–Crippen LogP) is 2.94. The molecule has 3 rings (SSSR count). The first-order valence-corrected chi connectivity index (χ1v) is 8.53. The number of aliphatic imine (C=N–C) groups is 1. The summed E-state index contributed by atoms with van der Waals surface area (Å²) in [6, 6.07) is 6.06. The number of carbonyl (C=O) groups excluding carboxylic acids is 1. The van der Waals surface area contributed by atoms with Crippen LogP contribution in [0.2, 0.25) is 0 Å². The normalized spacial score (nSPS) is 13.8. The van der Waals surface area contributed by atoms with Gasteiger partial charge in [0.1, 0.15) is 11.5 Å². The van der Waals surface area contributed by atoms with Crippen molar-refractivity contribution in [3.8, 4) is 0 Å². The highest BCUT2D eigenvalue weighted by Gasteiger charge is 2.35. The van der Waals surface area contributed by atoms with Crippen molar-refractivity contribution in [2.75, 3.05) is 18.5 Å². The highest BCUT2D eigenvalue weighted by atomic mass is 32.1. The van der Waals surface area contributed by atoms with Gasteiger partial charge in [0.25, 0.3) is 5.69 Å². The number of likely N-dealkylation sites (N-methyl/N-ethyl adjacent to an activating group) is 1. The van der Waals surface area contributed by atoms with Crippen molar-refractivity contribution in [3.63, 3.8) is 0 Å². The molecular formula is C16H14N4O5S. The van der Waals surface area contributed by atoms with Gasteiger partial charge >= 0.3 is 5.00 Å². The summed E-state index contributed by atoms with van der Waals surface area (Å²) >= 11 is 0.888. The van der Waals surface area contributed by atoms with Gasteiger partial charge in [-0.15, -0.1) is 0 Å². The van der Waals surface area contributed by atoms with Crippen molar-refractivity contribution in [1.29, 1.82) is 0 Å². The van der Waals surface area contributed by atoms with Gasteiger partial charge in [0.2, 0.25) is 5.91 Å². The van der Waals surface area contributed by atoms with Crippen molar-refractivity contribution in [1.82, 2.24) is 0 Å². The predicted molar refractivity (Wildman–Crippen MR) is 97.4 cm³/mol. The third kappa shape index (κ3) is 2.73. The minimum atomic E-state index is -0.527. The molecule has 0 unspecified atom stereocenters. The van der Waals surface area contributed by atoms with Gasteiger partial charge in [0, 0.05) is 18.7 Å². The zero-order valence-electron chi connectivity index (χ0n) is 14.0. The number of anilines is 1. The molecule has 0 bridgehead atoms. The molecule has 0 spiro atoms. The van der Waals surface area contributed by atoms with Crippen LogP contribution >= 0.6 is 11.3 Å². The number of fused-ring (bicyclic) bond motifs is 1. The molecule has 1 aliphatic heterocycles. The Morgan fingerprint density at radius 3 is 2.54 bits per heavy atom. The van der Waals surface area contributed by atoms with Gasteiger partial charge in [0.05, 0.1) is 26.7 Å². The van der Waals surface area contributed by atoms with Crippen LogP contribution < -0.4 is 4.90 Å². The lowest BCUT2D eigenvalue weighted by Gasteiger charge is -2.13. The highest BCUT2D eigenvalue weighted by Crippen LogP contribution is 2.44. The smallest absolute Gasteiger partial charge is 0.305 e.